The second kappa shape index (κ2) is 7.66. The zero-order valence-electron chi connectivity index (χ0n) is 12.7. The van der Waals surface area contributed by atoms with Crippen LogP contribution in [-0.4, -0.2) is 11.0 Å². The van der Waals surface area contributed by atoms with E-state index in [2.05, 4.69) is 10.6 Å². The zero-order chi connectivity index (χ0) is 16.7. The number of benzene rings is 2. The fourth-order valence-electron chi connectivity index (χ4n) is 1.94. The van der Waals surface area contributed by atoms with Crippen molar-refractivity contribution in [2.45, 2.75) is 13.5 Å². The molecule has 0 saturated heterocycles. The van der Waals surface area contributed by atoms with E-state index in [1.54, 1.807) is 18.2 Å². The molecule has 2 rings (SSSR count). The molecule has 1 amide bonds. The fourth-order valence-corrected chi connectivity index (χ4v) is 1.94. The molecular formula is C18H17N3O2. The van der Waals surface area contributed by atoms with Crippen LogP contribution in [0.1, 0.15) is 11.1 Å². The number of phenolic OH excluding ortho intramolecular Hbond substituents is 1. The normalized spacial score (nSPS) is 10.7. The predicted octanol–water partition coefficient (Wildman–Crippen LogP) is 2.84. The van der Waals surface area contributed by atoms with E-state index in [-0.39, 0.29) is 11.3 Å². The Balaban J connectivity index is 2.02. The summed E-state index contributed by atoms with van der Waals surface area (Å²) in [6.45, 7) is 2.22. The molecule has 0 aliphatic rings. The molecule has 0 radical (unpaired) electrons. The lowest BCUT2D eigenvalue weighted by molar-refractivity contribution is -0.117. The Hall–Kier alpha value is -3.26. The number of nitriles is 1. The Morgan fingerprint density at radius 1 is 1.26 bits per heavy atom. The number of rotatable bonds is 5. The van der Waals surface area contributed by atoms with Crippen molar-refractivity contribution in [2.24, 2.45) is 0 Å². The van der Waals surface area contributed by atoms with Gasteiger partial charge in [0.25, 0.3) is 5.91 Å². The molecule has 0 fully saturated rings. The van der Waals surface area contributed by atoms with Crippen LogP contribution in [0.4, 0.5) is 5.69 Å². The Morgan fingerprint density at radius 2 is 2.00 bits per heavy atom. The van der Waals surface area contributed by atoms with Gasteiger partial charge in [-0.25, -0.2) is 0 Å². The molecule has 0 heterocycles. The molecule has 0 aromatic heterocycles. The van der Waals surface area contributed by atoms with Gasteiger partial charge in [-0.05, 0) is 30.2 Å². The van der Waals surface area contributed by atoms with Crippen LogP contribution in [0, 0.1) is 18.3 Å². The molecule has 0 unspecified atom stereocenters. The highest BCUT2D eigenvalue weighted by molar-refractivity contribution is 5.97. The van der Waals surface area contributed by atoms with Crippen LogP contribution < -0.4 is 10.6 Å². The van der Waals surface area contributed by atoms with E-state index < -0.39 is 5.91 Å². The average Bonchev–Trinajstić information content (AvgIpc) is 2.57. The van der Waals surface area contributed by atoms with Gasteiger partial charge in [0.15, 0.2) is 0 Å². The van der Waals surface area contributed by atoms with Crippen LogP contribution in [0.3, 0.4) is 0 Å². The van der Waals surface area contributed by atoms with Gasteiger partial charge in [0, 0.05) is 12.7 Å². The standard InChI is InChI=1S/C18H17N3O2/c1-13-7-8-17(22)16(9-13)20-12-15(10-19)18(23)21-11-14-5-3-2-4-6-14/h2-9,12,20,22H,11H2,1H3,(H,21,23)/b15-12-. The molecule has 2 aromatic rings. The molecule has 23 heavy (non-hydrogen) atoms. The smallest absolute Gasteiger partial charge is 0.263 e. The van der Waals surface area contributed by atoms with Crippen LogP contribution in [-0.2, 0) is 11.3 Å². The predicted molar refractivity (Wildman–Crippen MR) is 88.5 cm³/mol. The molecule has 5 heteroatoms. The second-order valence-electron chi connectivity index (χ2n) is 5.00. The minimum absolute atomic E-state index is 0.0498. The number of carbonyl (C=O) groups is 1. The summed E-state index contributed by atoms with van der Waals surface area (Å²) in [5, 5.41) is 24.3. The number of phenols is 1. The van der Waals surface area contributed by atoms with E-state index in [9.17, 15) is 9.90 Å². The van der Waals surface area contributed by atoms with Crippen molar-refractivity contribution >= 4 is 11.6 Å². The first kappa shape index (κ1) is 16.1. The highest BCUT2D eigenvalue weighted by atomic mass is 16.3. The van der Waals surface area contributed by atoms with Crippen molar-refractivity contribution in [1.29, 1.82) is 5.26 Å². The zero-order valence-corrected chi connectivity index (χ0v) is 12.7. The summed E-state index contributed by atoms with van der Waals surface area (Å²) < 4.78 is 0. The van der Waals surface area contributed by atoms with E-state index in [0.29, 0.717) is 12.2 Å². The molecule has 5 nitrogen and oxygen atoms in total. The SMILES string of the molecule is Cc1ccc(O)c(N/C=C(/C#N)C(=O)NCc2ccccc2)c1. The third-order valence-corrected chi connectivity index (χ3v) is 3.19. The second-order valence-corrected chi connectivity index (χ2v) is 5.00. The number of hydrogen-bond acceptors (Lipinski definition) is 4. The fraction of sp³-hybridized carbons (Fsp3) is 0.111. The maximum Gasteiger partial charge on any atom is 0.263 e. The highest BCUT2D eigenvalue weighted by Gasteiger charge is 2.09. The maximum absolute atomic E-state index is 12.0. The van der Waals surface area contributed by atoms with Gasteiger partial charge in [-0.1, -0.05) is 36.4 Å². The van der Waals surface area contributed by atoms with Crippen molar-refractivity contribution in [3.05, 3.63) is 71.4 Å². The first-order valence-electron chi connectivity index (χ1n) is 7.08. The molecule has 0 atom stereocenters. The van der Waals surface area contributed by atoms with Crippen LogP contribution in [0.25, 0.3) is 0 Å². The van der Waals surface area contributed by atoms with Crippen molar-refractivity contribution < 1.29 is 9.90 Å². The van der Waals surface area contributed by atoms with E-state index >= 15 is 0 Å². The number of aromatic hydroxyl groups is 1. The van der Waals surface area contributed by atoms with Gasteiger partial charge in [0.2, 0.25) is 0 Å². The summed E-state index contributed by atoms with van der Waals surface area (Å²) in [6.07, 6.45) is 1.29. The first-order chi connectivity index (χ1) is 11.1. The maximum atomic E-state index is 12.0. The molecule has 3 N–H and O–H groups in total. The monoisotopic (exact) mass is 307 g/mol. The summed E-state index contributed by atoms with van der Waals surface area (Å²) in [5.74, 6) is -0.426. The van der Waals surface area contributed by atoms with Gasteiger partial charge in [0.1, 0.15) is 17.4 Å². The quantitative estimate of drug-likeness (QED) is 0.450. The van der Waals surface area contributed by atoms with E-state index in [1.807, 2.05) is 43.3 Å². The lowest BCUT2D eigenvalue weighted by Crippen LogP contribution is -2.24. The number of anilines is 1. The summed E-state index contributed by atoms with van der Waals surface area (Å²) in [7, 11) is 0. The first-order valence-corrected chi connectivity index (χ1v) is 7.08. The van der Waals surface area contributed by atoms with Crippen molar-refractivity contribution in [3.63, 3.8) is 0 Å². The van der Waals surface area contributed by atoms with E-state index in [0.717, 1.165) is 11.1 Å². The Kier molecular flexibility index (Phi) is 5.37. The lowest BCUT2D eigenvalue weighted by Gasteiger charge is -2.07. The third-order valence-electron chi connectivity index (χ3n) is 3.19. The molecule has 0 spiro atoms. The minimum atomic E-state index is -0.476. The van der Waals surface area contributed by atoms with Crippen molar-refractivity contribution in [3.8, 4) is 11.8 Å². The minimum Gasteiger partial charge on any atom is -0.506 e. The summed E-state index contributed by atoms with van der Waals surface area (Å²) in [6, 6.07) is 16.3. The molecule has 2 aromatic carbocycles. The van der Waals surface area contributed by atoms with Crippen LogP contribution in [0.2, 0.25) is 0 Å². The molecular weight excluding hydrogens is 290 g/mol. The third kappa shape index (κ3) is 4.61. The number of amides is 1. The van der Waals surface area contributed by atoms with Gasteiger partial charge in [0.05, 0.1) is 5.69 Å². The summed E-state index contributed by atoms with van der Waals surface area (Å²) >= 11 is 0. The van der Waals surface area contributed by atoms with Gasteiger partial charge in [-0.2, -0.15) is 5.26 Å². The number of carbonyl (C=O) groups excluding carboxylic acids is 1. The topological polar surface area (TPSA) is 85.2 Å². The number of hydrogen-bond donors (Lipinski definition) is 3. The van der Waals surface area contributed by atoms with Crippen molar-refractivity contribution in [2.75, 3.05) is 5.32 Å². The summed E-state index contributed by atoms with van der Waals surface area (Å²) in [5.41, 5.74) is 2.27. The number of aryl methyl sites for hydroxylation is 1. The lowest BCUT2D eigenvalue weighted by atomic mass is 10.2. The number of nitrogens with one attached hydrogen (secondary N) is 2. The number of nitrogens with zero attached hydrogens (tertiary/aromatic N) is 1. The van der Waals surface area contributed by atoms with Gasteiger partial charge >= 0.3 is 0 Å². The Bertz CT molecular complexity index is 762. The average molecular weight is 307 g/mol. The van der Waals surface area contributed by atoms with Crippen LogP contribution in [0.15, 0.2) is 60.3 Å². The Morgan fingerprint density at radius 3 is 2.70 bits per heavy atom. The van der Waals surface area contributed by atoms with Gasteiger partial charge in [-0.3, -0.25) is 4.79 Å². The summed E-state index contributed by atoms with van der Waals surface area (Å²) in [4.78, 5) is 12.0. The highest BCUT2D eigenvalue weighted by Crippen LogP contribution is 2.23. The molecule has 0 bridgehead atoms. The van der Waals surface area contributed by atoms with Crippen LogP contribution in [0.5, 0.6) is 5.75 Å². The van der Waals surface area contributed by atoms with Gasteiger partial charge < -0.3 is 15.7 Å². The molecule has 0 aliphatic carbocycles. The van der Waals surface area contributed by atoms with E-state index in [1.165, 1.54) is 6.20 Å². The molecule has 0 saturated carbocycles. The van der Waals surface area contributed by atoms with Gasteiger partial charge in [-0.15, -0.1) is 0 Å². The molecule has 116 valence electrons. The van der Waals surface area contributed by atoms with E-state index in [4.69, 9.17) is 5.26 Å². The Labute approximate surface area is 134 Å². The largest absolute Gasteiger partial charge is 0.506 e. The molecule has 0 aliphatic heterocycles. The van der Waals surface area contributed by atoms with Crippen molar-refractivity contribution in [1.82, 2.24) is 5.32 Å². The van der Waals surface area contributed by atoms with Crippen LogP contribution >= 0.6 is 0 Å².